The summed E-state index contributed by atoms with van der Waals surface area (Å²) < 4.78 is 28.8. The molecule has 2 aromatic rings. The number of nitrogens with one attached hydrogen (secondary N) is 2. The second-order valence-electron chi connectivity index (χ2n) is 9.54. The number of aliphatic hydroxyl groups is 4. The highest BCUT2D eigenvalue weighted by molar-refractivity contribution is 5.92. The van der Waals surface area contributed by atoms with Crippen LogP contribution in [-0.4, -0.2) is 103 Å². The predicted octanol–water partition coefficient (Wildman–Crippen LogP) is -0.691. The van der Waals surface area contributed by atoms with E-state index < -0.39 is 43.3 Å². The molecule has 2 fully saturated rings. The lowest BCUT2D eigenvalue weighted by atomic mass is 9.95. The molecule has 0 aliphatic carbocycles. The number of carbonyl (C=O) groups excluding carboxylic acids is 2. The van der Waals surface area contributed by atoms with Gasteiger partial charge in [0, 0.05) is 42.8 Å². The van der Waals surface area contributed by atoms with Crippen LogP contribution >= 0.6 is 0 Å². The zero-order valence-electron chi connectivity index (χ0n) is 21.9. The number of hydrogen-bond acceptors (Lipinski definition) is 12. The minimum atomic E-state index is -1.66. The van der Waals surface area contributed by atoms with Gasteiger partial charge in [-0.2, -0.15) is 0 Å². The van der Waals surface area contributed by atoms with E-state index in [9.17, 15) is 30.0 Å². The molecular formula is C26H36N2O11. The van der Waals surface area contributed by atoms with E-state index in [1.807, 2.05) is 0 Å². The molecule has 0 spiro atoms. The first-order valence-corrected chi connectivity index (χ1v) is 13.0. The zero-order valence-corrected chi connectivity index (χ0v) is 21.9. The van der Waals surface area contributed by atoms with Crippen molar-refractivity contribution in [2.24, 2.45) is 0 Å². The van der Waals surface area contributed by atoms with Crippen molar-refractivity contribution >= 4 is 22.8 Å². The van der Waals surface area contributed by atoms with E-state index in [4.69, 9.17) is 23.4 Å². The third-order valence-electron chi connectivity index (χ3n) is 6.88. The first kappa shape index (κ1) is 29.1. The monoisotopic (exact) mass is 552 g/mol. The van der Waals surface area contributed by atoms with Crippen LogP contribution in [0.15, 0.2) is 16.7 Å². The number of carbonyl (C=O) groups is 2. The summed E-state index contributed by atoms with van der Waals surface area (Å²) in [6.07, 6.45) is -5.51. The second-order valence-corrected chi connectivity index (χ2v) is 9.54. The first-order chi connectivity index (χ1) is 18.8. The van der Waals surface area contributed by atoms with E-state index >= 15 is 0 Å². The molecule has 216 valence electrons. The van der Waals surface area contributed by atoms with Crippen LogP contribution in [0.4, 0.5) is 0 Å². The summed E-state index contributed by atoms with van der Waals surface area (Å²) >= 11 is 0. The third kappa shape index (κ3) is 6.29. The molecule has 1 aromatic heterocycles. The molecule has 3 heterocycles. The predicted molar refractivity (Wildman–Crippen MR) is 135 cm³/mol. The topological polar surface area (TPSA) is 189 Å². The summed E-state index contributed by atoms with van der Waals surface area (Å²) in [6.45, 7) is 2.44. The molecule has 2 saturated heterocycles. The number of rotatable bonds is 12. The van der Waals surface area contributed by atoms with Gasteiger partial charge in [0.25, 0.3) is 0 Å². The highest BCUT2D eigenvalue weighted by atomic mass is 16.7. The Kier molecular flexibility index (Phi) is 9.64. The Morgan fingerprint density at radius 2 is 2.00 bits per heavy atom. The molecular weight excluding hydrogens is 516 g/mol. The number of aryl methyl sites for hydroxylation is 1. The number of likely N-dealkylation sites (N-methyl/N-ethyl adjacent to an activating group) is 1. The molecule has 13 nitrogen and oxygen atoms in total. The molecule has 6 N–H and O–H groups in total. The van der Waals surface area contributed by atoms with Gasteiger partial charge >= 0.3 is 5.97 Å². The molecule has 1 aromatic carbocycles. The molecule has 1 amide bonds. The molecule has 39 heavy (non-hydrogen) atoms. The molecule has 6 atom stereocenters. The van der Waals surface area contributed by atoms with Gasteiger partial charge < -0.3 is 54.4 Å². The number of fused-ring (bicyclic) bond motifs is 1. The highest BCUT2D eigenvalue weighted by Crippen LogP contribution is 2.45. The number of aliphatic hydroxyl groups excluding tert-OH is 4. The van der Waals surface area contributed by atoms with Crippen LogP contribution in [-0.2, 0) is 25.5 Å². The lowest BCUT2D eigenvalue weighted by Crippen LogP contribution is -2.60. The summed E-state index contributed by atoms with van der Waals surface area (Å²) in [4.78, 5) is 24.1. The van der Waals surface area contributed by atoms with Crippen molar-refractivity contribution in [3.8, 4) is 11.5 Å². The maximum absolute atomic E-state index is 12.2. The first-order valence-electron chi connectivity index (χ1n) is 13.0. The molecule has 0 radical (unpaired) electrons. The fraction of sp³-hybridized carbons (Fsp3) is 0.615. The minimum Gasteiger partial charge on any atom is -0.485 e. The van der Waals surface area contributed by atoms with Crippen LogP contribution in [0.2, 0.25) is 0 Å². The van der Waals surface area contributed by atoms with Crippen LogP contribution in [0, 0.1) is 0 Å². The average molecular weight is 553 g/mol. The summed E-state index contributed by atoms with van der Waals surface area (Å²) in [5, 5.41) is 47.2. The van der Waals surface area contributed by atoms with Crippen molar-refractivity contribution in [3.05, 3.63) is 23.5 Å². The van der Waals surface area contributed by atoms with Crippen molar-refractivity contribution in [1.82, 2.24) is 10.6 Å². The Morgan fingerprint density at radius 3 is 2.67 bits per heavy atom. The minimum absolute atomic E-state index is 0.0109. The number of hydrogen-bond donors (Lipinski definition) is 6. The number of amides is 1. The quantitative estimate of drug-likeness (QED) is 0.144. The van der Waals surface area contributed by atoms with Gasteiger partial charge in [0.1, 0.15) is 31.0 Å². The largest absolute Gasteiger partial charge is 0.485 e. The Labute approximate surface area is 225 Å². The Hall–Kier alpha value is -2.94. The number of benzene rings is 1. The van der Waals surface area contributed by atoms with Crippen molar-refractivity contribution in [3.63, 3.8) is 0 Å². The Balaban J connectivity index is 1.79. The maximum atomic E-state index is 12.2. The molecule has 13 heteroatoms. The second kappa shape index (κ2) is 12.9. The Morgan fingerprint density at radius 1 is 1.21 bits per heavy atom. The van der Waals surface area contributed by atoms with Gasteiger partial charge in [0.05, 0.1) is 19.5 Å². The molecule has 0 saturated carbocycles. The number of esters is 1. The summed E-state index contributed by atoms with van der Waals surface area (Å²) in [6, 6.07) is 1.78. The molecule has 0 bridgehead atoms. The van der Waals surface area contributed by atoms with Crippen LogP contribution < -0.4 is 20.1 Å². The smallest absolute Gasteiger partial charge is 0.306 e. The van der Waals surface area contributed by atoms with E-state index in [2.05, 4.69) is 10.6 Å². The van der Waals surface area contributed by atoms with E-state index in [-0.39, 0.29) is 49.4 Å². The van der Waals surface area contributed by atoms with Crippen LogP contribution in [0.5, 0.6) is 11.5 Å². The van der Waals surface area contributed by atoms with Crippen molar-refractivity contribution < 1.29 is 53.4 Å². The molecule has 6 unspecified atom stereocenters. The Bertz CT molecular complexity index is 1150. The summed E-state index contributed by atoms with van der Waals surface area (Å²) in [5.74, 6) is -0.327. The van der Waals surface area contributed by atoms with Crippen molar-refractivity contribution in [1.29, 1.82) is 0 Å². The average Bonchev–Trinajstić information content (AvgIpc) is 3.54. The lowest BCUT2D eigenvalue weighted by Gasteiger charge is -2.39. The van der Waals surface area contributed by atoms with Crippen LogP contribution in [0.25, 0.3) is 11.0 Å². The van der Waals surface area contributed by atoms with Gasteiger partial charge in [0.15, 0.2) is 11.3 Å². The van der Waals surface area contributed by atoms with Crippen LogP contribution in [0.1, 0.15) is 36.8 Å². The van der Waals surface area contributed by atoms with E-state index in [1.54, 1.807) is 26.3 Å². The molecule has 4 rings (SSSR count). The van der Waals surface area contributed by atoms with E-state index in [0.717, 1.165) is 5.56 Å². The van der Waals surface area contributed by atoms with Gasteiger partial charge in [-0.3, -0.25) is 9.59 Å². The van der Waals surface area contributed by atoms with Gasteiger partial charge in [-0.1, -0.05) is 0 Å². The van der Waals surface area contributed by atoms with E-state index in [1.165, 1.54) is 0 Å². The summed E-state index contributed by atoms with van der Waals surface area (Å²) in [5.41, 5.74) is 1.63. The van der Waals surface area contributed by atoms with E-state index in [0.29, 0.717) is 36.0 Å². The van der Waals surface area contributed by atoms with Gasteiger partial charge in [-0.05, 0) is 32.0 Å². The zero-order chi connectivity index (χ0) is 28.1. The summed E-state index contributed by atoms with van der Waals surface area (Å²) in [7, 11) is 1.76. The van der Waals surface area contributed by atoms with Crippen LogP contribution in [0.3, 0.4) is 0 Å². The lowest BCUT2D eigenvalue weighted by molar-refractivity contribution is -0.277. The SMILES string of the molecule is CCOC(=O)CCc1cc2c(C3CNC(=O)C3)coc2c(OCCNC)c1OC1OC(CO)C(O)C(O)C1O. The third-order valence-corrected chi connectivity index (χ3v) is 6.88. The standard InChI is InChI=1S/C26H36N2O11/c1-3-35-19(31)5-4-13-8-15-16(14-9-18(30)28-10-14)12-37-24(15)25(36-7-6-27-2)23(13)39-26-22(34)21(33)20(32)17(11-29)38-26/h8,12,14,17,20-22,26-27,29,32-34H,3-7,9-11H2,1-2H3,(H,28,30). The van der Waals surface area contributed by atoms with Gasteiger partial charge in [-0.25, -0.2) is 0 Å². The van der Waals surface area contributed by atoms with Crippen molar-refractivity contribution in [2.45, 2.75) is 62.8 Å². The van der Waals surface area contributed by atoms with Crippen molar-refractivity contribution in [2.75, 3.05) is 40.0 Å². The molecule has 2 aliphatic heterocycles. The number of ether oxygens (including phenoxy) is 4. The normalized spacial score (nSPS) is 27.0. The highest BCUT2D eigenvalue weighted by Gasteiger charge is 2.45. The fourth-order valence-corrected chi connectivity index (χ4v) is 4.79. The maximum Gasteiger partial charge on any atom is 0.306 e. The molecule has 2 aliphatic rings. The fourth-order valence-electron chi connectivity index (χ4n) is 4.79. The van der Waals surface area contributed by atoms with Gasteiger partial charge in [-0.15, -0.1) is 0 Å². The van der Waals surface area contributed by atoms with Gasteiger partial charge in [0.2, 0.25) is 17.9 Å². The number of furan rings is 1.